The Kier molecular flexibility index (Phi) is 7.56. The molecule has 0 aliphatic carbocycles. The van der Waals surface area contributed by atoms with Crippen molar-refractivity contribution in [2.75, 3.05) is 46.1 Å². The minimum Gasteiger partial charge on any atom is -0.490 e. The first-order valence-electron chi connectivity index (χ1n) is 7.06. The van der Waals surface area contributed by atoms with Gasteiger partial charge in [0.05, 0.1) is 12.3 Å². The molecule has 6 heteroatoms. The molecule has 4 N–H and O–H groups in total. The summed E-state index contributed by atoms with van der Waals surface area (Å²) in [7, 11) is 3.97. The Labute approximate surface area is 125 Å². The molecule has 0 saturated carbocycles. The second kappa shape index (κ2) is 9.20. The minimum atomic E-state index is -0.0751. The summed E-state index contributed by atoms with van der Waals surface area (Å²) >= 11 is 0. The molecule has 118 valence electrons. The molecule has 0 aliphatic rings. The van der Waals surface area contributed by atoms with Gasteiger partial charge in [0.2, 0.25) is 5.91 Å². The SMILES string of the molecule is CN(C)CCOc1ccc(CCC(=O)NCCO)cc1N. The van der Waals surface area contributed by atoms with E-state index in [1.807, 2.05) is 37.2 Å². The van der Waals surface area contributed by atoms with Crippen molar-refractivity contribution in [3.05, 3.63) is 23.8 Å². The predicted molar refractivity (Wildman–Crippen MR) is 83.3 cm³/mol. The van der Waals surface area contributed by atoms with Gasteiger partial charge in [-0.25, -0.2) is 0 Å². The van der Waals surface area contributed by atoms with Crippen LogP contribution in [-0.2, 0) is 11.2 Å². The van der Waals surface area contributed by atoms with Crippen LogP contribution >= 0.6 is 0 Å². The average molecular weight is 295 g/mol. The Hall–Kier alpha value is -1.79. The minimum absolute atomic E-state index is 0.0440. The van der Waals surface area contributed by atoms with Crippen molar-refractivity contribution in [2.24, 2.45) is 0 Å². The van der Waals surface area contributed by atoms with E-state index in [1.165, 1.54) is 0 Å². The van der Waals surface area contributed by atoms with Gasteiger partial charge in [0.25, 0.3) is 0 Å². The van der Waals surface area contributed by atoms with Gasteiger partial charge in [-0.05, 0) is 38.2 Å². The van der Waals surface area contributed by atoms with Crippen LogP contribution in [0.1, 0.15) is 12.0 Å². The Morgan fingerprint density at radius 1 is 1.43 bits per heavy atom. The van der Waals surface area contributed by atoms with Gasteiger partial charge in [-0.15, -0.1) is 0 Å². The van der Waals surface area contributed by atoms with E-state index in [9.17, 15) is 4.79 Å². The van der Waals surface area contributed by atoms with Gasteiger partial charge < -0.3 is 25.8 Å². The summed E-state index contributed by atoms with van der Waals surface area (Å²) in [5.41, 5.74) is 7.53. The second-order valence-electron chi connectivity index (χ2n) is 5.10. The van der Waals surface area contributed by atoms with E-state index in [0.717, 1.165) is 12.1 Å². The number of ether oxygens (including phenoxy) is 1. The lowest BCUT2D eigenvalue weighted by Gasteiger charge is -2.13. The molecule has 0 unspecified atom stereocenters. The van der Waals surface area contributed by atoms with Gasteiger partial charge in [0.1, 0.15) is 12.4 Å². The number of hydrogen-bond donors (Lipinski definition) is 3. The fourth-order valence-electron chi connectivity index (χ4n) is 1.76. The van der Waals surface area contributed by atoms with E-state index < -0.39 is 0 Å². The van der Waals surface area contributed by atoms with Crippen molar-refractivity contribution in [1.82, 2.24) is 10.2 Å². The van der Waals surface area contributed by atoms with Gasteiger partial charge in [0.15, 0.2) is 0 Å². The summed E-state index contributed by atoms with van der Waals surface area (Å²) in [6.07, 6.45) is 0.986. The molecular weight excluding hydrogens is 270 g/mol. The molecule has 0 aliphatic heterocycles. The third kappa shape index (κ3) is 6.97. The molecule has 0 aromatic heterocycles. The maximum absolute atomic E-state index is 11.4. The molecule has 1 rings (SSSR count). The zero-order valence-corrected chi connectivity index (χ0v) is 12.8. The zero-order chi connectivity index (χ0) is 15.7. The number of anilines is 1. The highest BCUT2D eigenvalue weighted by molar-refractivity contribution is 5.76. The quantitative estimate of drug-likeness (QED) is 0.568. The number of carbonyl (C=O) groups is 1. The zero-order valence-electron chi connectivity index (χ0n) is 12.8. The van der Waals surface area contributed by atoms with Gasteiger partial charge in [-0.3, -0.25) is 4.79 Å². The van der Waals surface area contributed by atoms with Gasteiger partial charge >= 0.3 is 0 Å². The Bertz CT molecular complexity index is 450. The lowest BCUT2D eigenvalue weighted by atomic mass is 10.1. The molecule has 0 spiro atoms. The van der Waals surface area contributed by atoms with Crippen molar-refractivity contribution >= 4 is 11.6 Å². The summed E-state index contributed by atoms with van der Waals surface area (Å²) in [4.78, 5) is 13.5. The summed E-state index contributed by atoms with van der Waals surface area (Å²) in [5, 5.41) is 11.2. The van der Waals surface area contributed by atoms with Crippen LogP contribution < -0.4 is 15.8 Å². The fourth-order valence-corrected chi connectivity index (χ4v) is 1.76. The van der Waals surface area contributed by atoms with Crippen LogP contribution in [-0.4, -0.2) is 56.3 Å². The first-order valence-corrected chi connectivity index (χ1v) is 7.06. The highest BCUT2D eigenvalue weighted by Gasteiger charge is 2.05. The number of aliphatic hydroxyl groups is 1. The van der Waals surface area contributed by atoms with Gasteiger partial charge in [-0.1, -0.05) is 6.07 Å². The largest absolute Gasteiger partial charge is 0.490 e. The van der Waals surface area contributed by atoms with E-state index in [1.54, 1.807) is 0 Å². The van der Waals surface area contributed by atoms with E-state index in [2.05, 4.69) is 5.32 Å². The van der Waals surface area contributed by atoms with E-state index in [0.29, 0.717) is 37.4 Å². The number of rotatable bonds is 9. The normalized spacial score (nSPS) is 10.7. The maximum Gasteiger partial charge on any atom is 0.220 e. The van der Waals surface area contributed by atoms with Crippen molar-refractivity contribution in [2.45, 2.75) is 12.8 Å². The summed E-state index contributed by atoms with van der Waals surface area (Å²) < 4.78 is 5.61. The highest BCUT2D eigenvalue weighted by atomic mass is 16.5. The lowest BCUT2D eigenvalue weighted by molar-refractivity contribution is -0.121. The molecule has 1 amide bonds. The number of carbonyl (C=O) groups excluding carboxylic acids is 1. The number of amides is 1. The van der Waals surface area contributed by atoms with Crippen LogP contribution in [0.4, 0.5) is 5.69 Å². The molecule has 1 aromatic rings. The van der Waals surface area contributed by atoms with Crippen LogP contribution in [0.3, 0.4) is 0 Å². The first kappa shape index (κ1) is 17.3. The number of benzene rings is 1. The molecule has 6 nitrogen and oxygen atoms in total. The third-order valence-corrected chi connectivity index (χ3v) is 2.94. The number of nitrogens with one attached hydrogen (secondary N) is 1. The number of nitrogen functional groups attached to an aromatic ring is 1. The van der Waals surface area contributed by atoms with Crippen molar-refractivity contribution in [1.29, 1.82) is 0 Å². The van der Waals surface area contributed by atoms with Crippen LogP contribution in [0, 0.1) is 0 Å². The van der Waals surface area contributed by atoms with Gasteiger partial charge in [-0.2, -0.15) is 0 Å². The molecule has 0 atom stereocenters. The molecule has 0 saturated heterocycles. The van der Waals surface area contributed by atoms with Crippen LogP contribution in [0.5, 0.6) is 5.75 Å². The number of nitrogens with two attached hydrogens (primary N) is 1. The van der Waals surface area contributed by atoms with Crippen LogP contribution in [0.25, 0.3) is 0 Å². The monoisotopic (exact) mass is 295 g/mol. The first-order chi connectivity index (χ1) is 10.0. The van der Waals surface area contributed by atoms with Crippen LogP contribution in [0.2, 0.25) is 0 Å². The number of aryl methyl sites for hydroxylation is 1. The van der Waals surface area contributed by atoms with Crippen molar-refractivity contribution in [3.63, 3.8) is 0 Å². The number of hydrogen-bond acceptors (Lipinski definition) is 5. The van der Waals surface area contributed by atoms with Crippen molar-refractivity contribution < 1.29 is 14.6 Å². The number of likely N-dealkylation sites (N-methyl/N-ethyl adjacent to an activating group) is 1. The molecule has 21 heavy (non-hydrogen) atoms. The standard InChI is InChI=1S/C15H25N3O3/c1-18(2)8-10-21-14-5-3-12(11-13(14)16)4-6-15(20)17-7-9-19/h3,5,11,19H,4,6-10,16H2,1-2H3,(H,17,20). The fraction of sp³-hybridized carbons (Fsp3) is 0.533. The molecule has 0 bridgehead atoms. The van der Waals surface area contributed by atoms with E-state index in [4.69, 9.17) is 15.6 Å². The predicted octanol–water partition coefficient (Wildman–Crippen LogP) is 0.250. The third-order valence-electron chi connectivity index (χ3n) is 2.94. The van der Waals surface area contributed by atoms with Crippen molar-refractivity contribution in [3.8, 4) is 5.75 Å². The second-order valence-corrected chi connectivity index (χ2v) is 5.10. The lowest BCUT2D eigenvalue weighted by Crippen LogP contribution is -2.26. The molecule has 0 heterocycles. The molecular formula is C15H25N3O3. The van der Waals surface area contributed by atoms with E-state index in [-0.39, 0.29) is 12.5 Å². The Morgan fingerprint density at radius 2 is 2.19 bits per heavy atom. The number of nitrogens with zero attached hydrogens (tertiary/aromatic N) is 1. The molecule has 0 fully saturated rings. The topological polar surface area (TPSA) is 87.8 Å². The highest BCUT2D eigenvalue weighted by Crippen LogP contribution is 2.23. The Morgan fingerprint density at radius 3 is 2.81 bits per heavy atom. The smallest absolute Gasteiger partial charge is 0.220 e. The van der Waals surface area contributed by atoms with E-state index >= 15 is 0 Å². The van der Waals surface area contributed by atoms with Crippen LogP contribution in [0.15, 0.2) is 18.2 Å². The molecule has 1 aromatic carbocycles. The average Bonchev–Trinajstić information content (AvgIpc) is 2.44. The number of aliphatic hydroxyl groups excluding tert-OH is 1. The maximum atomic E-state index is 11.4. The summed E-state index contributed by atoms with van der Waals surface area (Å²) in [5.74, 6) is 0.597. The van der Waals surface area contributed by atoms with Gasteiger partial charge in [0, 0.05) is 19.5 Å². The molecule has 0 radical (unpaired) electrons. The Balaban J connectivity index is 2.44. The summed E-state index contributed by atoms with van der Waals surface area (Å²) in [6.45, 7) is 1.66. The summed E-state index contributed by atoms with van der Waals surface area (Å²) in [6, 6.07) is 5.59.